The lowest BCUT2D eigenvalue weighted by Crippen LogP contribution is -2.51. The fourth-order valence-corrected chi connectivity index (χ4v) is 2.68. The topological polar surface area (TPSA) is 20.3 Å². The van der Waals surface area contributed by atoms with Crippen molar-refractivity contribution in [3.63, 3.8) is 0 Å². The lowest BCUT2D eigenvalue weighted by atomic mass is 9.88. The monoisotopic (exact) mass is 281 g/mol. The number of rotatable bonds is 1. The Hall–Kier alpha value is -1.35. The van der Waals surface area contributed by atoms with Gasteiger partial charge in [-0.3, -0.25) is 4.79 Å². The Morgan fingerprint density at radius 1 is 1.42 bits per heavy atom. The van der Waals surface area contributed by atoms with Crippen LogP contribution in [0, 0.1) is 5.82 Å². The Kier molecular flexibility index (Phi) is 3.43. The van der Waals surface area contributed by atoms with E-state index in [-0.39, 0.29) is 11.7 Å². The van der Waals surface area contributed by atoms with Crippen molar-refractivity contribution in [3.05, 3.63) is 35.7 Å². The van der Waals surface area contributed by atoms with E-state index in [0.29, 0.717) is 5.69 Å². The number of halogens is 2. The van der Waals surface area contributed by atoms with Crippen LogP contribution in [0.4, 0.5) is 10.1 Å². The number of carbonyl (C=O) groups excluding carboxylic acids is 1. The van der Waals surface area contributed by atoms with Gasteiger partial charge in [0.25, 0.3) is 0 Å². The average Bonchev–Trinajstić information content (AvgIpc) is 2.28. The van der Waals surface area contributed by atoms with Crippen LogP contribution < -0.4 is 4.90 Å². The molecule has 1 amide bonds. The summed E-state index contributed by atoms with van der Waals surface area (Å²) in [6, 6.07) is 4.46. The van der Waals surface area contributed by atoms with Gasteiger partial charge in [-0.05, 0) is 51.5 Å². The van der Waals surface area contributed by atoms with Crippen molar-refractivity contribution in [2.45, 2.75) is 38.6 Å². The molecule has 2 nitrogen and oxygen atoms in total. The summed E-state index contributed by atoms with van der Waals surface area (Å²) >= 11 is 5.94. The Morgan fingerprint density at radius 3 is 2.63 bits per heavy atom. The lowest BCUT2D eigenvalue weighted by Gasteiger charge is -2.42. The number of allylic oxidation sites excluding steroid dienone is 1. The van der Waals surface area contributed by atoms with E-state index in [1.807, 2.05) is 26.8 Å². The summed E-state index contributed by atoms with van der Waals surface area (Å²) < 4.78 is 13.4. The highest BCUT2D eigenvalue weighted by Gasteiger charge is 2.37. The van der Waals surface area contributed by atoms with Crippen LogP contribution in [-0.2, 0) is 4.79 Å². The molecule has 4 heteroatoms. The van der Waals surface area contributed by atoms with Gasteiger partial charge in [0.05, 0.1) is 11.2 Å². The highest BCUT2D eigenvalue weighted by atomic mass is 35.5. The van der Waals surface area contributed by atoms with Crippen LogP contribution >= 0.6 is 11.6 Å². The molecule has 19 heavy (non-hydrogen) atoms. The molecule has 1 aromatic rings. The number of fused-ring (bicyclic) bond motifs is 1. The minimum Gasteiger partial charge on any atom is -0.301 e. The minimum absolute atomic E-state index is 0.178. The third-order valence-corrected chi connectivity index (χ3v) is 3.52. The second kappa shape index (κ2) is 4.64. The lowest BCUT2D eigenvalue weighted by molar-refractivity contribution is -0.118. The Labute approximate surface area is 117 Å². The van der Waals surface area contributed by atoms with Crippen LogP contribution in [0.3, 0.4) is 0 Å². The van der Waals surface area contributed by atoms with Crippen LogP contribution in [0.1, 0.15) is 33.3 Å². The van der Waals surface area contributed by atoms with E-state index in [4.69, 9.17) is 11.6 Å². The summed E-state index contributed by atoms with van der Waals surface area (Å²) in [5.74, 6) is -0.485. The molecule has 0 bridgehead atoms. The molecule has 0 radical (unpaired) electrons. The zero-order valence-corrected chi connectivity index (χ0v) is 12.3. The molecular formula is C15H17ClFNO. The normalized spacial score (nSPS) is 18.6. The van der Waals surface area contributed by atoms with Gasteiger partial charge in [-0.15, -0.1) is 11.6 Å². The first-order chi connectivity index (χ1) is 8.74. The highest BCUT2D eigenvalue weighted by Crippen LogP contribution is 2.39. The molecule has 0 fully saturated rings. The fraction of sp³-hybridized carbons (Fsp3) is 0.400. The van der Waals surface area contributed by atoms with Gasteiger partial charge in [-0.2, -0.15) is 0 Å². The maximum absolute atomic E-state index is 13.4. The van der Waals surface area contributed by atoms with Crippen molar-refractivity contribution in [3.8, 4) is 0 Å². The van der Waals surface area contributed by atoms with Gasteiger partial charge in [0, 0.05) is 5.56 Å². The number of benzene rings is 1. The minimum atomic E-state index is -0.621. The SMILES string of the molecule is CC1=CC(C)(C)N(C(=O)[C@H](C)Cl)c2ccc(F)cc21. The van der Waals surface area contributed by atoms with E-state index in [1.165, 1.54) is 12.1 Å². The maximum Gasteiger partial charge on any atom is 0.245 e. The molecule has 0 unspecified atom stereocenters. The van der Waals surface area contributed by atoms with Gasteiger partial charge in [0.15, 0.2) is 0 Å². The van der Waals surface area contributed by atoms with E-state index in [2.05, 4.69) is 0 Å². The molecular weight excluding hydrogens is 265 g/mol. The van der Waals surface area contributed by atoms with Gasteiger partial charge in [0.2, 0.25) is 5.91 Å². The van der Waals surface area contributed by atoms with E-state index >= 15 is 0 Å². The molecule has 2 rings (SSSR count). The summed E-state index contributed by atoms with van der Waals surface area (Å²) in [5, 5.41) is -0.621. The van der Waals surface area contributed by atoms with Gasteiger partial charge in [-0.1, -0.05) is 6.08 Å². The van der Waals surface area contributed by atoms with Crippen LogP contribution in [0.5, 0.6) is 0 Å². The van der Waals surface area contributed by atoms with Gasteiger partial charge < -0.3 is 4.90 Å². The summed E-state index contributed by atoms with van der Waals surface area (Å²) in [6.07, 6.45) is 1.96. The van der Waals surface area contributed by atoms with Crippen molar-refractivity contribution in [2.75, 3.05) is 4.90 Å². The maximum atomic E-state index is 13.4. The number of nitrogens with zero attached hydrogens (tertiary/aromatic N) is 1. The van der Waals surface area contributed by atoms with Gasteiger partial charge in [0.1, 0.15) is 11.2 Å². The number of carbonyl (C=O) groups is 1. The Balaban J connectivity index is 2.64. The van der Waals surface area contributed by atoms with E-state index in [1.54, 1.807) is 17.9 Å². The average molecular weight is 282 g/mol. The van der Waals surface area contributed by atoms with E-state index in [9.17, 15) is 9.18 Å². The Bertz CT molecular complexity index is 563. The zero-order valence-electron chi connectivity index (χ0n) is 11.5. The molecule has 1 aliphatic rings. The molecule has 0 saturated carbocycles. The molecule has 1 heterocycles. The van der Waals surface area contributed by atoms with Crippen molar-refractivity contribution in [1.82, 2.24) is 0 Å². The zero-order chi connectivity index (χ0) is 14.4. The first-order valence-corrected chi connectivity index (χ1v) is 6.65. The van der Waals surface area contributed by atoms with Gasteiger partial charge >= 0.3 is 0 Å². The second-order valence-corrected chi connectivity index (χ2v) is 6.09. The van der Waals surface area contributed by atoms with Gasteiger partial charge in [-0.25, -0.2) is 4.39 Å². The number of hydrogen-bond acceptors (Lipinski definition) is 1. The molecule has 102 valence electrons. The fourth-order valence-electron chi connectivity index (χ4n) is 2.58. The predicted octanol–water partition coefficient (Wildman–Crippen LogP) is 3.98. The third kappa shape index (κ3) is 2.39. The number of alkyl halides is 1. The van der Waals surface area contributed by atoms with Crippen molar-refractivity contribution < 1.29 is 9.18 Å². The van der Waals surface area contributed by atoms with Crippen molar-refractivity contribution in [2.24, 2.45) is 0 Å². The first kappa shape index (κ1) is 14.1. The molecule has 0 spiro atoms. The standard InChI is InChI=1S/C15H17ClFNO/c1-9-8-15(3,4)18(14(19)10(2)16)13-6-5-11(17)7-12(9)13/h5-8,10H,1-4H3/t10-/m0/s1. The van der Waals surface area contributed by atoms with Crippen LogP contribution in [-0.4, -0.2) is 16.8 Å². The van der Waals surface area contributed by atoms with Crippen LogP contribution in [0.25, 0.3) is 5.57 Å². The van der Waals surface area contributed by atoms with E-state index < -0.39 is 10.9 Å². The highest BCUT2D eigenvalue weighted by molar-refractivity contribution is 6.33. The molecule has 1 aliphatic heterocycles. The molecule has 0 saturated heterocycles. The molecule has 0 N–H and O–H groups in total. The summed E-state index contributed by atoms with van der Waals surface area (Å²) in [6.45, 7) is 7.46. The summed E-state index contributed by atoms with van der Waals surface area (Å²) in [4.78, 5) is 14.0. The van der Waals surface area contributed by atoms with Crippen molar-refractivity contribution >= 4 is 28.8 Å². The molecule has 0 aliphatic carbocycles. The first-order valence-electron chi connectivity index (χ1n) is 6.21. The van der Waals surface area contributed by atoms with Crippen molar-refractivity contribution in [1.29, 1.82) is 0 Å². The van der Waals surface area contributed by atoms with E-state index in [0.717, 1.165) is 11.1 Å². The largest absolute Gasteiger partial charge is 0.301 e. The second-order valence-electron chi connectivity index (χ2n) is 5.43. The number of hydrogen-bond donors (Lipinski definition) is 0. The predicted molar refractivity (Wildman–Crippen MR) is 76.9 cm³/mol. The molecule has 0 aromatic heterocycles. The Morgan fingerprint density at radius 2 is 2.05 bits per heavy atom. The number of amides is 1. The quantitative estimate of drug-likeness (QED) is 0.713. The summed E-state index contributed by atoms with van der Waals surface area (Å²) in [5.41, 5.74) is 1.94. The smallest absolute Gasteiger partial charge is 0.245 e. The van der Waals surface area contributed by atoms with Crippen LogP contribution in [0.2, 0.25) is 0 Å². The molecule has 1 atom stereocenters. The molecule has 1 aromatic carbocycles. The van der Waals surface area contributed by atoms with Crippen LogP contribution in [0.15, 0.2) is 24.3 Å². The number of anilines is 1. The third-order valence-electron chi connectivity index (χ3n) is 3.33. The summed E-state index contributed by atoms with van der Waals surface area (Å²) in [7, 11) is 0.